The van der Waals surface area contributed by atoms with Crippen molar-refractivity contribution < 1.29 is 54.2 Å². The molecule has 3 aromatic rings. The summed E-state index contributed by atoms with van der Waals surface area (Å²) in [6, 6.07) is 9.67. The lowest BCUT2D eigenvalue weighted by Gasteiger charge is -2.37. The van der Waals surface area contributed by atoms with E-state index in [1.54, 1.807) is 12.1 Å². The Kier molecular flexibility index (Phi) is 6.58. The average Bonchev–Trinajstić information content (AvgIpc) is 3.17. The van der Waals surface area contributed by atoms with Gasteiger partial charge in [0.1, 0.15) is 23.0 Å². The maximum Gasteiger partial charge on any atom is 0.340 e. The van der Waals surface area contributed by atoms with E-state index in [-0.39, 0.29) is 89.3 Å². The highest BCUT2D eigenvalue weighted by molar-refractivity contribution is 5.99. The number of hydrogen-bond acceptors (Lipinski definition) is 8. The number of phenols is 2. The molecule has 0 aromatic heterocycles. The van der Waals surface area contributed by atoms with Gasteiger partial charge in [-0.3, -0.25) is 9.59 Å². The number of rotatable bonds is 9. The van der Waals surface area contributed by atoms with Crippen molar-refractivity contribution >= 4 is 23.9 Å². The van der Waals surface area contributed by atoms with Gasteiger partial charge in [0.05, 0.1) is 11.1 Å². The number of aryl methyl sites for hydroxylation is 2. The third-order valence-electron chi connectivity index (χ3n) is 7.13. The van der Waals surface area contributed by atoms with Gasteiger partial charge in [-0.15, -0.1) is 0 Å². The zero-order valence-electron chi connectivity index (χ0n) is 21.0. The minimum Gasteiger partial charge on any atom is -0.508 e. The number of aromatic hydroxyl groups is 2. The molecule has 40 heavy (non-hydrogen) atoms. The van der Waals surface area contributed by atoms with Crippen LogP contribution in [0.5, 0.6) is 23.0 Å². The van der Waals surface area contributed by atoms with E-state index in [1.165, 1.54) is 30.3 Å². The van der Waals surface area contributed by atoms with Gasteiger partial charge in [0.25, 0.3) is 0 Å². The maximum absolute atomic E-state index is 13.2. The van der Waals surface area contributed by atoms with Gasteiger partial charge in [0, 0.05) is 41.7 Å². The molecule has 0 unspecified atom stereocenters. The molecule has 5 rings (SSSR count). The van der Waals surface area contributed by atoms with Crippen LogP contribution in [0, 0.1) is 0 Å². The lowest BCUT2D eigenvalue weighted by molar-refractivity contribution is -0.138. The third kappa shape index (κ3) is 4.45. The van der Waals surface area contributed by atoms with Gasteiger partial charge >= 0.3 is 23.9 Å². The van der Waals surface area contributed by atoms with Crippen LogP contribution in [0.2, 0.25) is 0 Å². The summed E-state index contributed by atoms with van der Waals surface area (Å²) in [6.07, 6.45) is 0.515. The Morgan fingerprint density at radius 1 is 0.725 bits per heavy atom. The first kappa shape index (κ1) is 26.5. The lowest BCUT2D eigenvalue weighted by Crippen LogP contribution is -2.33. The monoisotopic (exact) mass is 548 g/mol. The first-order chi connectivity index (χ1) is 19.0. The number of esters is 1. The van der Waals surface area contributed by atoms with Gasteiger partial charge in [0.2, 0.25) is 0 Å². The Balaban J connectivity index is 1.74. The van der Waals surface area contributed by atoms with Crippen LogP contribution in [-0.4, -0.2) is 49.4 Å². The van der Waals surface area contributed by atoms with Crippen molar-refractivity contribution in [1.29, 1.82) is 0 Å². The predicted octanol–water partition coefficient (Wildman–Crippen LogP) is 4.18. The Bertz CT molecular complexity index is 1510. The molecule has 3 aromatic carbocycles. The van der Waals surface area contributed by atoms with Crippen LogP contribution in [-0.2, 0) is 32.8 Å². The minimum atomic E-state index is -1.73. The van der Waals surface area contributed by atoms with Crippen molar-refractivity contribution in [2.24, 2.45) is 0 Å². The van der Waals surface area contributed by atoms with E-state index >= 15 is 0 Å². The van der Waals surface area contributed by atoms with Crippen LogP contribution in [0.4, 0.5) is 0 Å². The molecule has 11 nitrogen and oxygen atoms in total. The second-order valence-corrected chi connectivity index (χ2v) is 9.69. The fourth-order valence-corrected chi connectivity index (χ4v) is 5.27. The Hall–Kier alpha value is -5.06. The molecular formula is C29H24O11. The summed E-state index contributed by atoms with van der Waals surface area (Å²) in [4.78, 5) is 47.2. The standard InChI is InChI=1S/C29H24O11/c30-21-12-23-19(9-14(21)3-1-5-25(32)33)29(18-11-16(27(36)37)7-8-17(18)28(38)40-29)20-10-15(4-2-6-26(34)35)22(31)13-24(20)39-23/h7-13,30-31H,1-6H2,(H,32,33)(H,34,35)(H,36,37). The average molecular weight is 549 g/mol. The highest BCUT2D eigenvalue weighted by Crippen LogP contribution is 2.58. The zero-order chi connectivity index (χ0) is 28.8. The van der Waals surface area contributed by atoms with E-state index in [9.17, 15) is 34.5 Å². The molecule has 5 N–H and O–H groups in total. The van der Waals surface area contributed by atoms with Crippen LogP contribution in [0.15, 0.2) is 42.5 Å². The molecule has 0 saturated carbocycles. The molecule has 0 amide bonds. The van der Waals surface area contributed by atoms with Crippen molar-refractivity contribution in [3.63, 3.8) is 0 Å². The van der Waals surface area contributed by atoms with Gasteiger partial charge in [-0.2, -0.15) is 0 Å². The molecule has 2 aliphatic heterocycles. The number of phenolic OH excluding ortho intramolecular Hbond substituents is 2. The second kappa shape index (κ2) is 9.92. The predicted molar refractivity (Wildman–Crippen MR) is 136 cm³/mol. The number of aromatic carboxylic acids is 1. The fourth-order valence-electron chi connectivity index (χ4n) is 5.27. The van der Waals surface area contributed by atoms with Crippen LogP contribution in [0.3, 0.4) is 0 Å². The topological polar surface area (TPSA) is 188 Å². The smallest absolute Gasteiger partial charge is 0.340 e. The molecule has 206 valence electrons. The number of carbonyl (C=O) groups is 4. The third-order valence-corrected chi connectivity index (χ3v) is 7.13. The molecule has 11 heteroatoms. The highest BCUT2D eigenvalue weighted by Gasteiger charge is 2.54. The molecule has 0 atom stereocenters. The van der Waals surface area contributed by atoms with Crippen molar-refractivity contribution in [2.75, 3.05) is 0 Å². The van der Waals surface area contributed by atoms with E-state index in [4.69, 9.17) is 19.7 Å². The number of carboxylic acids is 3. The van der Waals surface area contributed by atoms with Gasteiger partial charge in [0.15, 0.2) is 5.60 Å². The minimum absolute atomic E-state index is 0.0892. The van der Waals surface area contributed by atoms with E-state index in [1.807, 2.05) is 0 Å². The van der Waals surface area contributed by atoms with E-state index in [2.05, 4.69) is 0 Å². The number of carboxylic acid groups (broad SMARTS) is 3. The molecule has 0 aliphatic carbocycles. The van der Waals surface area contributed by atoms with Gasteiger partial charge in [-0.25, -0.2) is 9.59 Å². The number of ether oxygens (including phenoxy) is 2. The van der Waals surface area contributed by atoms with Gasteiger partial charge in [-0.1, -0.05) is 0 Å². The molecule has 0 saturated heterocycles. The van der Waals surface area contributed by atoms with Crippen LogP contribution < -0.4 is 4.74 Å². The summed E-state index contributed by atoms with van der Waals surface area (Å²) in [7, 11) is 0. The normalized spacial score (nSPS) is 14.1. The van der Waals surface area contributed by atoms with Gasteiger partial charge < -0.3 is 35.0 Å². The SMILES string of the molecule is O=C(O)CCCc1cc2c(cc1O)Oc1cc(O)c(CCCC(=O)O)cc1C21OC(=O)c2ccc(C(=O)O)cc21. The van der Waals surface area contributed by atoms with Gasteiger partial charge in [-0.05, 0) is 67.1 Å². The first-order valence-electron chi connectivity index (χ1n) is 12.5. The Morgan fingerprint density at radius 3 is 1.73 bits per heavy atom. The maximum atomic E-state index is 13.2. The van der Waals surface area contributed by atoms with Crippen LogP contribution in [0.1, 0.15) is 74.2 Å². The summed E-state index contributed by atoms with van der Waals surface area (Å²) in [6.45, 7) is 0. The summed E-state index contributed by atoms with van der Waals surface area (Å²) >= 11 is 0. The number of hydrogen-bond donors (Lipinski definition) is 5. The quantitative estimate of drug-likeness (QED) is 0.241. The lowest BCUT2D eigenvalue weighted by atomic mass is 9.76. The molecule has 2 aliphatic rings. The molecule has 0 bridgehead atoms. The number of benzene rings is 3. The fraction of sp³-hybridized carbons (Fsp3) is 0.241. The number of fused-ring (bicyclic) bond motifs is 6. The van der Waals surface area contributed by atoms with Crippen molar-refractivity contribution in [3.8, 4) is 23.0 Å². The summed E-state index contributed by atoms with van der Waals surface area (Å²) in [5.74, 6) is -4.14. The van der Waals surface area contributed by atoms with Crippen molar-refractivity contribution in [3.05, 3.63) is 81.4 Å². The van der Waals surface area contributed by atoms with E-state index in [0.29, 0.717) is 11.1 Å². The second-order valence-electron chi connectivity index (χ2n) is 9.69. The Labute approximate surface area is 226 Å². The Morgan fingerprint density at radius 2 is 1.25 bits per heavy atom. The van der Waals surface area contributed by atoms with Crippen LogP contribution in [0.25, 0.3) is 0 Å². The molecule has 2 heterocycles. The number of carbonyl (C=O) groups excluding carboxylic acids is 1. The van der Waals surface area contributed by atoms with Crippen molar-refractivity contribution in [1.82, 2.24) is 0 Å². The molecule has 0 radical (unpaired) electrons. The summed E-state index contributed by atoms with van der Waals surface area (Å²) in [5, 5.41) is 49.2. The van der Waals surface area contributed by atoms with Crippen LogP contribution >= 0.6 is 0 Å². The highest BCUT2D eigenvalue weighted by atomic mass is 16.6. The molecular weight excluding hydrogens is 524 g/mol. The zero-order valence-corrected chi connectivity index (χ0v) is 21.0. The summed E-state index contributed by atoms with van der Waals surface area (Å²) < 4.78 is 12.1. The van der Waals surface area contributed by atoms with E-state index < -0.39 is 29.5 Å². The van der Waals surface area contributed by atoms with Crippen molar-refractivity contribution in [2.45, 2.75) is 44.1 Å². The first-order valence-corrected chi connectivity index (χ1v) is 12.5. The molecule has 0 fully saturated rings. The summed E-state index contributed by atoms with van der Waals surface area (Å²) in [5.41, 5.74) is -0.216. The largest absolute Gasteiger partial charge is 0.508 e. The number of aliphatic carboxylic acids is 2. The molecule has 1 spiro atoms. The van der Waals surface area contributed by atoms with E-state index in [0.717, 1.165) is 0 Å².